The molecule has 24 heteroatoms. The molecule has 0 unspecified atom stereocenters. The van der Waals surface area contributed by atoms with Crippen LogP contribution in [0.25, 0.3) is 84.4 Å². The van der Waals surface area contributed by atoms with Gasteiger partial charge in [0.25, 0.3) is 0 Å². The van der Waals surface area contributed by atoms with E-state index in [1.54, 1.807) is 110 Å². The molecule has 6 aromatic carbocycles. The highest BCUT2D eigenvalue weighted by atomic mass is 35.5. The first kappa shape index (κ1) is 55.1. The van der Waals surface area contributed by atoms with Crippen molar-refractivity contribution >= 4 is 120 Å². The lowest BCUT2D eigenvalue weighted by atomic mass is 10.1. The van der Waals surface area contributed by atoms with Crippen molar-refractivity contribution in [2.45, 2.75) is 19.3 Å². The van der Waals surface area contributed by atoms with Crippen molar-refractivity contribution in [1.82, 2.24) is 58.7 Å². The van der Waals surface area contributed by atoms with Gasteiger partial charge in [0.15, 0.2) is 34.2 Å². The first-order valence-electron chi connectivity index (χ1n) is 26.7. The van der Waals surface area contributed by atoms with Crippen LogP contribution in [0.1, 0.15) is 16.7 Å². The molecule has 3 amide bonds. The highest BCUT2D eigenvalue weighted by Gasteiger charge is 2.22. The number of furan rings is 3. The highest BCUT2D eigenvalue weighted by Crippen LogP contribution is 2.31. The van der Waals surface area contributed by atoms with Gasteiger partial charge in [0, 0.05) is 31.2 Å². The van der Waals surface area contributed by atoms with Gasteiger partial charge in [-0.05, 0) is 108 Å². The van der Waals surface area contributed by atoms with E-state index in [1.807, 2.05) is 91.0 Å². The number of carbonyl (C=O) groups excluding carboxylic acids is 3. The molecule has 0 aliphatic heterocycles. The first-order valence-corrected chi connectivity index (χ1v) is 27.9. The third-order valence-corrected chi connectivity index (χ3v) is 14.0. The van der Waals surface area contributed by atoms with E-state index >= 15 is 0 Å². The van der Waals surface area contributed by atoms with Crippen LogP contribution in [0.3, 0.4) is 0 Å². The molecule has 0 bridgehead atoms. The molecule has 426 valence electrons. The van der Waals surface area contributed by atoms with Gasteiger partial charge in [-0.25, -0.2) is 29.9 Å². The summed E-state index contributed by atoms with van der Waals surface area (Å²) in [4.78, 5) is 65.2. The topological polar surface area (TPSA) is 256 Å². The van der Waals surface area contributed by atoms with Crippen molar-refractivity contribution in [3.05, 3.63) is 233 Å². The maximum absolute atomic E-state index is 12.6. The van der Waals surface area contributed by atoms with E-state index in [0.29, 0.717) is 83.3 Å². The zero-order valence-electron chi connectivity index (χ0n) is 45.1. The summed E-state index contributed by atoms with van der Waals surface area (Å²) < 4.78 is 20.7. The number of hydrogen-bond acceptors (Lipinski definition) is 15. The zero-order valence-corrected chi connectivity index (χ0v) is 47.4. The molecule has 0 saturated heterocycles. The van der Waals surface area contributed by atoms with Crippen LogP contribution >= 0.6 is 34.8 Å². The molecule has 0 fully saturated rings. The molecule has 0 saturated carbocycles. The Labute approximate surface area is 506 Å². The Balaban J connectivity index is 0.000000121. The van der Waals surface area contributed by atoms with Crippen LogP contribution in [0.15, 0.2) is 214 Å². The molecule has 15 aromatic rings. The zero-order chi connectivity index (χ0) is 59.4. The van der Waals surface area contributed by atoms with Crippen molar-refractivity contribution in [3.8, 4) is 34.8 Å². The minimum atomic E-state index is -0.201. The number of nitrogens with one attached hydrogen (secondary N) is 3. The fourth-order valence-electron chi connectivity index (χ4n) is 9.36. The van der Waals surface area contributed by atoms with Crippen molar-refractivity contribution in [1.29, 1.82) is 0 Å². The average molecular weight is 1210 g/mol. The molecule has 0 radical (unpaired) electrons. The summed E-state index contributed by atoms with van der Waals surface area (Å²) >= 11 is 18.5. The third-order valence-electron chi connectivity index (χ3n) is 13.3. The van der Waals surface area contributed by atoms with Gasteiger partial charge in [0.05, 0.1) is 54.6 Å². The number of anilines is 3. The maximum Gasteiger partial charge on any atom is 0.233 e. The number of rotatable bonds is 12. The average Bonchev–Trinajstić information content (AvgIpc) is 1.87. The SMILES string of the molecule is O=C(Cc1ccccc1)Nc1nc2ccc(Cl)cc2c2nc(-c3ccco3)nn12.O=C(Cc1ccccc1)Nc1nc2ccc(Cl)cc2c2nc(-c3ccco3)nn12.O=C(Cc1ccccc1)Nc1nc2ccc(Cl)cc2c2nc(-c3ccco3)nn12. The van der Waals surface area contributed by atoms with Gasteiger partial charge in [-0.3, -0.25) is 30.3 Å². The highest BCUT2D eigenvalue weighted by molar-refractivity contribution is 6.32. The fraction of sp³-hybridized carbons (Fsp3) is 0.0476. The molecule has 15 rings (SSSR count). The molecule has 87 heavy (non-hydrogen) atoms. The van der Waals surface area contributed by atoms with E-state index in [0.717, 1.165) is 32.8 Å². The van der Waals surface area contributed by atoms with Crippen LogP contribution in [0, 0.1) is 0 Å². The fourth-order valence-corrected chi connectivity index (χ4v) is 9.88. The van der Waals surface area contributed by atoms with Crippen LogP contribution in [0.2, 0.25) is 15.1 Å². The van der Waals surface area contributed by atoms with Gasteiger partial charge in [-0.1, -0.05) is 126 Å². The van der Waals surface area contributed by atoms with E-state index in [1.165, 1.54) is 13.5 Å². The summed E-state index contributed by atoms with van der Waals surface area (Å²) in [6.07, 6.45) is 5.33. The van der Waals surface area contributed by atoms with Crippen molar-refractivity contribution in [2.75, 3.05) is 16.0 Å². The second kappa shape index (κ2) is 24.2. The van der Waals surface area contributed by atoms with Crippen molar-refractivity contribution in [2.24, 2.45) is 0 Å². The lowest BCUT2D eigenvalue weighted by Crippen LogP contribution is -2.18. The summed E-state index contributed by atoms with van der Waals surface area (Å²) in [6, 6.07) is 55.0. The van der Waals surface area contributed by atoms with Crippen LogP contribution < -0.4 is 16.0 Å². The van der Waals surface area contributed by atoms with Gasteiger partial charge >= 0.3 is 0 Å². The predicted molar refractivity (Wildman–Crippen MR) is 329 cm³/mol. The number of amides is 3. The van der Waals surface area contributed by atoms with E-state index in [4.69, 9.17) is 48.1 Å². The second-order valence-electron chi connectivity index (χ2n) is 19.4. The van der Waals surface area contributed by atoms with Crippen LogP contribution in [-0.4, -0.2) is 76.5 Å². The van der Waals surface area contributed by atoms with Gasteiger partial charge in [-0.2, -0.15) is 13.5 Å². The Bertz CT molecular complexity index is 4490. The van der Waals surface area contributed by atoms with Crippen LogP contribution in [0.4, 0.5) is 17.8 Å². The summed E-state index contributed by atoms with van der Waals surface area (Å²) in [5.74, 6) is 2.97. The van der Waals surface area contributed by atoms with Gasteiger partial charge < -0.3 is 13.3 Å². The number of aromatic nitrogens is 12. The van der Waals surface area contributed by atoms with Crippen LogP contribution in [0.5, 0.6) is 0 Å². The molecule has 9 heterocycles. The molecular formula is C63H42Cl3N15O6. The van der Waals surface area contributed by atoms with Gasteiger partial charge in [0.2, 0.25) is 53.0 Å². The molecule has 0 aliphatic carbocycles. The summed E-state index contributed by atoms with van der Waals surface area (Å²) in [5, 5.41) is 25.9. The molecule has 0 aliphatic rings. The Morgan fingerprint density at radius 2 is 0.644 bits per heavy atom. The predicted octanol–water partition coefficient (Wildman–Crippen LogP) is 13.1. The minimum absolute atomic E-state index is 0.201. The van der Waals surface area contributed by atoms with E-state index in [-0.39, 0.29) is 54.8 Å². The normalized spacial score (nSPS) is 11.2. The van der Waals surface area contributed by atoms with Crippen molar-refractivity contribution in [3.63, 3.8) is 0 Å². The Morgan fingerprint density at radius 1 is 0.356 bits per heavy atom. The van der Waals surface area contributed by atoms with E-state index in [2.05, 4.69) is 61.2 Å². The number of halogens is 3. The smallest absolute Gasteiger partial charge is 0.233 e. The van der Waals surface area contributed by atoms with Crippen LogP contribution in [-0.2, 0) is 33.6 Å². The minimum Gasteiger partial charge on any atom is -0.461 e. The Hall–Kier alpha value is -11.1. The lowest BCUT2D eigenvalue weighted by molar-refractivity contribution is -0.116. The lowest BCUT2D eigenvalue weighted by Gasteiger charge is -2.08. The second-order valence-corrected chi connectivity index (χ2v) is 20.7. The molecule has 3 N–H and O–H groups in total. The molecule has 0 atom stereocenters. The molecule has 9 aromatic heterocycles. The number of benzene rings is 6. The maximum atomic E-state index is 12.6. The Kier molecular flexibility index (Phi) is 15.3. The summed E-state index contributed by atoms with van der Waals surface area (Å²) in [5.41, 5.74) is 6.24. The summed E-state index contributed by atoms with van der Waals surface area (Å²) in [7, 11) is 0. The molecule has 0 spiro atoms. The molecular weight excluding hydrogens is 1170 g/mol. The van der Waals surface area contributed by atoms with Crippen molar-refractivity contribution < 1.29 is 27.6 Å². The standard InChI is InChI=1S/3C21H14ClN5O2/c3*22-14-8-9-16-15(12-14)20-25-19(17-7-4-10-29-17)26-27(20)21(23-16)24-18(28)11-13-5-2-1-3-6-13/h3*1-10,12H,11H2,(H,23,24,28). The molecule has 21 nitrogen and oxygen atoms in total. The van der Waals surface area contributed by atoms with Gasteiger partial charge in [-0.15, -0.1) is 15.3 Å². The Morgan fingerprint density at radius 3 is 0.908 bits per heavy atom. The van der Waals surface area contributed by atoms with Gasteiger partial charge in [0.1, 0.15) is 0 Å². The number of nitrogens with zero attached hydrogens (tertiary/aromatic N) is 12. The number of hydrogen-bond donors (Lipinski definition) is 3. The monoisotopic (exact) mass is 1210 g/mol. The first-order chi connectivity index (χ1) is 42.5. The third kappa shape index (κ3) is 12.2. The summed E-state index contributed by atoms with van der Waals surface area (Å²) in [6.45, 7) is 0. The van der Waals surface area contributed by atoms with E-state index in [9.17, 15) is 14.4 Å². The number of carbonyl (C=O) groups is 3. The largest absolute Gasteiger partial charge is 0.461 e. The number of fused-ring (bicyclic) bond motifs is 9. The quantitative estimate of drug-likeness (QED) is 0.103. The van der Waals surface area contributed by atoms with E-state index < -0.39 is 0 Å².